The van der Waals surface area contributed by atoms with Crippen molar-refractivity contribution in [2.24, 2.45) is 0 Å². The van der Waals surface area contributed by atoms with Gasteiger partial charge in [0, 0.05) is 22.2 Å². The number of aromatic amines is 1. The quantitative estimate of drug-likeness (QED) is 0.582. The maximum atomic E-state index is 8.89. The number of benzene rings is 1. The molecule has 96 valence electrons. The Morgan fingerprint density at radius 1 is 1.22 bits per heavy atom. The van der Waals surface area contributed by atoms with Gasteiger partial charge in [0.1, 0.15) is 6.54 Å². The Kier molecular flexibility index (Phi) is 4.77. The third kappa shape index (κ3) is 3.24. The summed E-state index contributed by atoms with van der Waals surface area (Å²) in [5, 5.41) is 10.1. The van der Waals surface area contributed by atoms with Crippen LogP contribution < -0.4 is 24.0 Å². The van der Waals surface area contributed by atoms with Crippen molar-refractivity contribution in [2.45, 2.75) is 13.0 Å². The molecule has 1 heterocycles. The highest BCUT2D eigenvalue weighted by molar-refractivity contribution is 5.84. The molecule has 1 N–H and O–H groups in total. The zero-order valence-corrected chi connectivity index (χ0v) is 13.2. The SMILES string of the molecule is C[N+](C)(C)Cc1c(CC#N)[nH]c2ccccc12.[I-]. The van der Waals surface area contributed by atoms with Crippen LogP contribution in [0.15, 0.2) is 24.3 Å². The van der Waals surface area contributed by atoms with Gasteiger partial charge >= 0.3 is 0 Å². The number of nitrogens with one attached hydrogen (secondary N) is 1. The standard InChI is InChI=1S/C14H18N3.HI/c1-17(2,3)10-12-11-6-4-5-7-13(11)16-14(12)8-9-15;/h4-7,16H,8,10H2,1-3H3;1H/q+1;/p-1. The predicted molar refractivity (Wildman–Crippen MR) is 69.4 cm³/mol. The maximum Gasteiger partial charge on any atom is 0.106 e. The first-order valence-electron chi connectivity index (χ1n) is 5.77. The number of hydrogen-bond donors (Lipinski definition) is 1. The molecule has 3 nitrogen and oxygen atoms in total. The first-order chi connectivity index (χ1) is 8.01. The minimum absolute atomic E-state index is 0. The van der Waals surface area contributed by atoms with E-state index in [1.54, 1.807) is 0 Å². The van der Waals surface area contributed by atoms with Gasteiger partial charge < -0.3 is 33.4 Å². The summed E-state index contributed by atoms with van der Waals surface area (Å²) < 4.78 is 0.861. The van der Waals surface area contributed by atoms with Crippen LogP contribution in [0.1, 0.15) is 11.3 Å². The monoisotopic (exact) mass is 355 g/mol. The lowest BCUT2D eigenvalue weighted by atomic mass is 10.1. The number of aromatic nitrogens is 1. The molecular weight excluding hydrogens is 337 g/mol. The maximum absolute atomic E-state index is 8.89. The second kappa shape index (κ2) is 5.72. The van der Waals surface area contributed by atoms with E-state index >= 15 is 0 Å². The Morgan fingerprint density at radius 2 is 1.89 bits per heavy atom. The van der Waals surface area contributed by atoms with Gasteiger partial charge in [-0.25, -0.2) is 0 Å². The molecule has 0 fully saturated rings. The van der Waals surface area contributed by atoms with Crippen LogP contribution in [-0.2, 0) is 13.0 Å². The molecule has 0 amide bonds. The number of hydrogen-bond acceptors (Lipinski definition) is 1. The van der Waals surface area contributed by atoms with Crippen molar-refractivity contribution in [1.29, 1.82) is 5.26 Å². The average Bonchev–Trinajstić information content (AvgIpc) is 2.56. The van der Waals surface area contributed by atoms with Gasteiger partial charge in [-0.3, -0.25) is 0 Å². The average molecular weight is 355 g/mol. The summed E-state index contributed by atoms with van der Waals surface area (Å²) in [7, 11) is 6.49. The van der Waals surface area contributed by atoms with Crippen molar-refractivity contribution in [3.05, 3.63) is 35.5 Å². The van der Waals surface area contributed by atoms with Gasteiger partial charge in [0.05, 0.1) is 33.6 Å². The first-order valence-corrected chi connectivity index (χ1v) is 5.77. The Labute approximate surface area is 125 Å². The second-order valence-electron chi connectivity index (χ2n) is 5.41. The fourth-order valence-corrected chi connectivity index (χ4v) is 2.14. The molecule has 2 aromatic rings. The summed E-state index contributed by atoms with van der Waals surface area (Å²) in [5.41, 5.74) is 3.46. The highest BCUT2D eigenvalue weighted by atomic mass is 127. The molecular formula is C14H18IN3. The molecule has 0 spiro atoms. The Morgan fingerprint density at radius 3 is 2.50 bits per heavy atom. The Hall–Kier alpha value is -1.06. The lowest BCUT2D eigenvalue weighted by molar-refractivity contribution is -0.883. The fourth-order valence-electron chi connectivity index (χ4n) is 2.14. The van der Waals surface area contributed by atoms with Crippen molar-refractivity contribution >= 4 is 10.9 Å². The molecule has 0 aliphatic heterocycles. The number of nitriles is 1. The van der Waals surface area contributed by atoms with E-state index in [-0.39, 0.29) is 24.0 Å². The largest absolute Gasteiger partial charge is 1.00 e. The topological polar surface area (TPSA) is 39.6 Å². The van der Waals surface area contributed by atoms with Crippen molar-refractivity contribution in [2.75, 3.05) is 21.1 Å². The van der Waals surface area contributed by atoms with Gasteiger partial charge in [-0.15, -0.1) is 0 Å². The summed E-state index contributed by atoms with van der Waals surface area (Å²) in [6, 6.07) is 10.5. The van der Waals surface area contributed by atoms with Gasteiger partial charge in [-0.05, 0) is 6.07 Å². The van der Waals surface area contributed by atoms with Crippen LogP contribution in [0.25, 0.3) is 10.9 Å². The first kappa shape index (κ1) is 15.0. The van der Waals surface area contributed by atoms with Crippen LogP contribution in [0.5, 0.6) is 0 Å². The smallest absolute Gasteiger partial charge is 0.106 e. The number of H-pyrrole nitrogens is 1. The van der Waals surface area contributed by atoms with E-state index in [1.165, 1.54) is 10.9 Å². The van der Waals surface area contributed by atoms with Crippen LogP contribution in [0.4, 0.5) is 0 Å². The second-order valence-corrected chi connectivity index (χ2v) is 5.41. The molecule has 0 unspecified atom stereocenters. The summed E-state index contributed by atoms with van der Waals surface area (Å²) in [5.74, 6) is 0. The van der Waals surface area contributed by atoms with E-state index < -0.39 is 0 Å². The van der Waals surface area contributed by atoms with Gasteiger partial charge in [0.2, 0.25) is 0 Å². The van der Waals surface area contributed by atoms with Gasteiger partial charge in [0.15, 0.2) is 0 Å². The zero-order chi connectivity index (χ0) is 12.5. The minimum Gasteiger partial charge on any atom is -1.00 e. The minimum atomic E-state index is 0. The molecule has 0 aliphatic rings. The molecule has 0 aliphatic carbocycles. The van der Waals surface area contributed by atoms with Crippen LogP contribution in [0, 0.1) is 11.3 Å². The van der Waals surface area contributed by atoms with E-state index in [4.69, 9.17) is 5.26 Å². The molecule has 2 rings (SSSR count). The van der Waals surface area contributed by atoms with Crippen LogP contribution in [0.2, 0.25) is 0 Å². The summed E-state index contributed by atoms with van der Waals surface area (Å²) >= 11 is 0. The zero-order valence-electron chi connectivity index (χ0n) is 11.0. The van der Waals surface area contributed by atoms with E-state index in [2.05, 4.69) is 44.3 Å². The van der Waals surface area contributed by atoms with Crippen LogP contribution in [0.3, 0.4) is 0 Å². The van der Waals surface area contributed by atoms with E-state index in [0.29, 0.717) is 6.42 Å². The van der Waals surface area contributed by atoms with Crippen molar-refractivity contribution < 1.29 is 28.5 Å². The van der Waals surface area contributed by atoms with E-state index in [0.717, 1.165) is 22.2 Å². The van der Waals surface area contributed by atoms with E-state index in [9.17, 15) is 0 Å². The molecule has 0 saturated heterocycles. The van der Waals surface area contributed by atoms with Crippen molar-refractivity contribution in [3.8, 4) is 6.07 Å². The number of quaternary nitrogens is 1. The number of nitrogens with zero attached hydrogens (tertiary/aromatic N) is 2. The van der Waals surface area contributed by atoms with Gasteiger partial charge in [0.25, 0.3) is 0 Å². The van der Waals surface area contributed by atoms with Crippen molar-refractivity contribution in [3.63, 3.8) is 0 Å². The third-order valence-electron chi connectivity index (χ3n) is 2.79. The molecule has 0 saturated carbocycles. The molecule has 1 aromatic carbocycles. The van der Waals surface area contributed by atoms with Gasteiger partial charge in [-0.2, -0.15) is 5.26 Å². The summed E-state index contributed by atoms with van der Waals surface area (Å²) in [6.45, 7) is 0.932. The molecule has 18 heavy (non-hydrogen) atoms. The fraction of sp³-hybridized carbons (Fsp3) is 0.357. The normalized spacial score (nSPS) is 11.0. The highest BCUT2D eigenvalue weighted by Gasteiger charge is 2.17. The third-order valence-corrected chi connectivity index (χ3v) is 2.79. The number of fused-ring (bicyclic) bond motifs is 1. The Balaban J connectivity index is 0.00000162. The number of para-hydroxylation sites is 1. The van der Waals surface area contributed by atoms with E-state index in [1.807, 2.05) is 12.1 Å². The van der Waals surface area contributed by atoms with Crippen LogP contribution in [-0.4, -0.2) is 30.6 Å². The number of rotatable bonds is 3. The lowest BCUT2D eigenvalue weighted by Crippen LogP contribution is -3.00. The molecule has 0 radical (unpaired) electrons. The summed E-state index contributed by atoms with van der Waals surface area (Å²) in [4.78, 5) is 3.36. The Bertz CT molecular complexity index is 573. The van der Waals surface area contributed by atoms with Gasteiger partial charge in [-0.1, -0.05) is 18.2 Å². The molecule has 0 bridgehead atoms. The predicted octanol–water partition coefficient (Wildman–Crippen LogP) is -0.556. The highest BCUT2D eigenvalue weighted by Crippen LogP contribution is 2.24. The molecule has 0 atom stereocenters. The number of halogens is 1. The molecule has 4 heteroatoms. The summed E-state index contributed by atoms with van der Waals surface area (Å²) in [6.07, 6.45) is 0.448. The lowest BCUT2D eigenvalue weighted by Gasteiger charge is -2.24. The van der Waals surface area contributed by atoms with Crippen LogP contribution >= 0.6 is 0 Å². The molecule has 1 aromatic heterocycles. The van der Waals surface area contributed by atoms with Crippen molar-refractivity contribution in [1.82, 2.24) is 4.98 Å².